The highest BCUT2D eigenvalue weighted by Gasteiger charge is 2.41. The summed E-state index contributed by atoms with van der Waals surface area (Å²) in [6.07, 6.45) is -5.50. The number of hydrogen-bond acceptors (Lipinski definition) is 4. The molecule has 0 aromatic rings. The van der Waals surface area contributed by atoms with E-state index in [0.29, 0.717) is 0 Å². The van der Waals surface area contributed by atoms with Crippen molar-refractivity contribution in [3.8, 4) is 0 Å². The average Bonchev–Trinajstić information content (AvgIpc) is 2.08. The van der Waals surface area contributed by atoms with Crippen molar-refractivity contribution in [1.82, 2.24) is 0 Å². The van der Waals surface area contributed by atoms with Crippen molar-refractivity contribution in [3.05, 3.63) is 0 Å². The van der Waals surface area contributed by atoms with Crippen molar-refractivity contribution >= 4 is 0 Å². The lowest BCUT2D eigenvalue weighted by Gasteiger charge is -2.38. The number of hydrogen-bond donors (Lipinski definition) is 3. The second kappa shape index (κ2) is 3.66. The number of ether oxygens (including phenoxy) is 1. The minimum absolute atomic E-state index is 0.649. The topological polar surface area (TPSA) is 69.9 Å². The number of aliphatic hydroxyl groups is 3. The lowest BCUT2D eigenvalue weighted by atomic mass is 9.96. The molecule has 0 bridgehead atoms. The minimum Gasteiger partial charge on any atom is -0.388 e. The second-order valence-corrected chi connectivity index (χ2v) is 3.01. The fraction of sp³-hybridized carbons (Fsp3) is 1.00. The summed E-state index contributed by atoms with van der Waals surface area (Å²) in [5.41, 5.74) is 0. The van der Waals surface area contributed by atoms with Crippen LogP contribution in [0, 0.1) is 0 Å². The van der Waals surface area contributed by atoms with Gasteiger partial charge in [-0.25, -0.2) is 4.39 Å². The van der Waals surface area contributed by atoms with E-state index in [2.05, 4.69) is 0 Å². The summed E-state index contributed by atoms with van der Waals surface area (Å²) in [6, 6.07) is 0. The molecule has 0 aromatic heterocycles. The predicted molar refractivity (Wildman–Crippen MR) is 38.3 cm³/mol. The Morgan fingerprint density at radius 3 is 2.25 bits per heavy atom. The molecule has 3 unspecified atom stereocenters. The summed E-state index contributed by atoms with van der Waals surface area (Å²) in [5.74, 6) is 0. The highest BCUT2D eigenvalue weighted by Crippen LogP contribution is 2.20. The maximum atomic E-state index is 12.1. The van der Waals surface area contributed by atoms with Gasteiger partial charge in [0.1, 0.15) is 31.1 Å². The summed E-state index contributed by atoms with van der Waals surface area (Å²) >= 11 is 0. The third-order valence-electron chi connectivity index (χ3n) is 2.10. The van der Waals surface area contributed by atoms with Crippen LogP contribution in [0.15, 0.2) is 0 Å². The van der Waals surface area contributed by atoms with Crippen LogP contribution >= 0.6 is 0 Å². The molecule has 1 rings (SSSR count). The van der Waals surface area contributed by atoms with Gasteiger partial charge in [0.15, 0.2) is 0 Å². The van der Waals surface area contributed by atoms with Gasteiger partial charge in [-0.05, 0) is 6.92 Å². The number of aliphatic hydroxyl groups excluding tert-OH is 3. The smallest absolute Gasteiger partial charge is 0.118 e. The van der Waals surface area contributed by atoms with Crippen LogP contribution < -0.4 is 0 Å². The highest BCUT2D eigenvalue weighted by atomic mass is 19.1. The quantitative estimate of drug-likeness (QED) is 0.475. The Labute approximate surface area is 69.6 Å². The first-order chi connectivity index (χ1) is 5.57. The molecule has 0 aliphatic carbocycles. The van der Waals surface area contributed by atoms with Crippen molar-refractivity contribution in [2.45, 2.75) is 37.4 Å². The lowest BCUT2D eigenvalue weighted by molar-refractivity contribution is -0.219. The third kappa shape index (κ3) is 1.59. The van der Waals surface area contributed by atoms with Crippen LogP contribution in [-0.4, -0.2) is 52.5 Å². The van der Waals surface area contributed by atoms with Crippen molar-refractivity contribution in [2.24, 2.45) is 0 Å². The Kier molecular flexibility index (Phi) is 3.00. The molecule has 1 aliphatic rings. The van der Waals surface area contributed by atoms with E-state index in [1.807, 2.05) is 0 Å². The van der Waals surface area contributed by atoms with Gasteiger partial charge in [-0.1, -0.05) is 0 Å². The summed E-state index contributed by atoms with van der Waals surface area (Å²) in [7, 11) is 0. The van der Waals surface area contributed by atoms with Gasteiger partial charge >= 0.3 is 0 Å². The molecule has 5 heteroatoms. The molecule has 12 heavy (non-hydrogen) atoms. The van der Waals surface area contributed by atoms with Crippen molar-refractivity contribution in [1.29, 1.82) is 0 Å². The molecule has 0 radical (unpaired) electrons. The standard InChI is InChI=1S/C7H13FO4/c1-3-5(9)7(11)6(10)4(2-8)12-3/h3-7,9-11H,2H2,1H3/t3?,4?,5-,6+,7?/m0/s1. The van der Waals surface area contributed by atoms with Crippen LogP contribution in [0.3, 0.4) is 0 Å². The number of alkyl halides is 1. The van der Waals surface area contributed by atoms with Crippen LogP contribution in [0.5, 0.6) is 0 Å². The first-order valence-electron chi connectivity index (χ1n) is 3.83. The zero-order chi connectivity index (χ0) is 9.30. The van der Waals surface area contributed by atoms with E-state index in [1.165, 1.54) is 6.92 Å². The largest absolute Gasteiger partial charge is 0.388 e. The van der Waals surface area contributed by atoms with Gasteiger partial charge in [-0.15, -0.1) is 0 Å². The van der Waals surface area contributed by atoms with Crippen LogP contribution in [-0.2, 0) is 4.74 Å². The minimum atomic E-state index is -1.35. The third-order valence-corrected chi connectivity index (χ3v) is 2.10. The fourth-order valence-corrected chi connectivity index (χ4v) is 1.26. The normalized spacial score (nSPS) is 49.2. The van der Waals surface area contributed by atoms with E-state index in [4.69, 9.17) is 9.84 Å². The fourth-order valence-electron chi connectivity index (χ4n) is 1.26. The van der Waals surface area contributed by atoms with E-state index in [1.54, 1.807) is 0 Å². The Morgan fingerprint density at radius 2 is 1.75 bits per heavy atom. The van der Waals surface area contributed by atoms with E-state index in [-0.39, 0.29) is 0 Å². The molecule has 4 nitrogen and oxygen atoms in total. The van der Waals surface area contributed by atoms with Gasteiger partial charge in [0.2, 0.25) is 0 Å². The summed E-state index contributed by atoms with van der Waals surface area (Å²) in [5, 5.41) is 27.5. The molecule has 1 saturated heterocycles. The van der Waals surface area contributed by atoms with E-state index < -0.39 is 37.2 Å². The average molecular weight is 180 g/mol. The van der Waals surface area contributed by atoms with Crippen molar-refractivity contribution in [2.75, 3.05) is 6.67 Å². The van der Waals surface area contributed by atoms with Gasteiger partial charge in [-0.2, -0.15) is 0 Å². The molecule has 72 valence electrons. The van der Waals surface area contributed by atoms with Crippen LogP contribution in [0.25, 0.3) is 0 Å². The number of halogens is 1. The molecule has 1 aliphatic heterocycles. The molecular formula is C7H13FO4. The van der Waals surface area contributed by atoms with Crippen LogP contribution in [0.4, 0.5) is 4.39 Å². The molecule has 0 saturated carbocycles. The maximum Gasteiger partial charge on any atom is 0.118 e. The van der Waals surface area contributed by atoms with E-state index in [0.717, 1.165) is 0 Å². The summed E-state index contributed by atoms with van der Waals surface area (Å²) in [4.78, 5) is 0. The Hall–Kier alpha value is -0.230. The Balaban J connectivity index is 2.63. The van der Waals surface area contributed by atoms with Gasteiger partial charge in [0, 0.05) is 0 Å². The zero-order valence-corrected chi connectivity index (χ0v) is 6.72. The monoisotopic (exact) mass is 180 g/mol. The first kappa shape index (κ1) is 9.85. The van der Waals surface area contributed by atoms with Crippen LogP contribution in [0.2, 0.25) is 0 Å². The predicted octanol–water partition coefficient (Wildman–Crippen LogP) is -1.17. The Morgan fingerprint density at radius 1 is 1.17 bits per heavy atom. The first-order valence-corrected chi connectivity index (χ1v) is 3.83. The SMILES string of the molecule is CC1OC(CF)[C@@H](O)C(O)[C@H]1O. The van der Waals surface area contributed by atoms with Crippen molar-refractivity contribution in [3.63, 3.8) is 0 Å². The molecule has 1 heterocycles. The molecular weight excluding hydrogens is 167 g/mol. The van der Waals surface area contributed by atoms with Crippen molar-refractivity contribution < 1.29 is 24.4 Å². The molecule has 1 fully saturated rings. The van der Waals surface area contributed by atoms with Gasteiger partial charge < -0.3 is 20.1 Å². The summed E-state index contributed by atoms with van der Waals surface area (Å²) in [6.45, 7) is 0.651. The molecule has 0 spiro atoms. The molecule has 3 N–H and O–H groups in total. The van der Waals surface area contributed by atoms with Gasteiger partial charge in [0.25, 0.3) is 0 Å². The van der Waals surface area contributed by atoms with Crippen LogP contribution in [0.1, 0.15) is 6.92 Å². The molecule has 0 aromatic carbocycles. The lowest BCUT2D eigenvalue weighted by Crippen LogP contribution is -2.57. The van der Waals surface area contributed by atoms with Gasteiger partial charge in [0.05, 0.1) is 6.10 Å². The van der Waals surface area contributed by atoms with E-state index >= 15 is 0 Å². The molecule has 0 amide bonds. The molecule has 5 atom stereocenters. The summed E-state index contributed by atoms with van der Waals surface area (Å²) < 4.78 is 17.0. The Bertz CT molecular complexity index is 150. The van der Waals surface area contributed by atoms with E-state index in [9.17, 15) is 14.6 Å². The highest BCUT2D eigenvalue weighted by molar-refractivity contribution is 4.90. The zero-order valence-electron chi connectivity index (χ0n) is 6.72. The van der Waals surface area contributed by atoms with Gasteiger partial charge in [-0.3, -0.25) is 0 Å². The number of rotatable bonds is 1. The maximum absolute atomic E-state index is 12.1. The second-order valence-electron chi connectivity index (χ2n) is 3.01.